The predicted octanol–water partition coefficient (Wildman–Crippen LogP) is 5.18. The van der Waals surface area contributed by atoms with E-state index in [1.165, 1.54) is 23.9 Å². The topological polar surface area (TPSA) is 38.9 Å². The lowest BCUT2D eigenvalue weighted by Gasteiger charge is -1.95. The van der Waals surface area contributed by atoms with Crippen molar-refractivity contribution in [2.75, 3.05) is 0 Å². The van der Waals surface area contributed by atoms with E-state index < -0.39 is 0 Å². The zero-order valence-corrected chi connectivity index (χ0v) is 12.8. The van der Waals surface area contributed by atoms with Crippen molar-refractivity contribution in [2.24, 2.45) is 0 Å². The Kier molecular flexibility index (Phi) is 4.56. The van der Waals surface area contributed by atoms with Crippen LogP contribution >= 0.6 is 23.4 Å². The molecule has 3 nitrogen and oxygen atoms in total. The molecule has 22 heavy (non-hydrogen) atoms. The predicted molar refractivity (Wildman–Crippen MR) is 85.2 cm³/mol. The number of halogens is 2. The molecule has 0 unspecified atom stereocenters. The van der Waals surface area contributed by atoms with E-state index in [4.69, 9.17) is 16.0 Å². The fourth-order valence-electron chi connectivity index (χ4n) is 1.67. The third-order valence-corrected chi connectivity index (χ3v) is 3.83. The number of rotatable bonds is 4. The summed E-state index contributed by atoms with van der Waals surface area (Å²) in [4.78, 5) is 0.960. The Morgan fingerprint density at radius 3 is 2.41 bits per heavy atom. The van der Waals surface area contributed by atoms with E-state index in [-0.39, 0.29) is 5.82 Å². The molecule has 110 valence electrons. The lowest BCUT2D eigenvalue weighted by Crippen LogP contribution is -1.75. The summed E-state index contributed by atoms with van der Waals surface area (Å²) in [6, 6.07) is 13.5. The largest absolute Gasteiger partial charge is 0.412 e. The Morgan fingerprint density at radius 1 is 0.955 bits per heavy atom. The molecule has 0 saturated heterocycles. The summed E-state index contributed by atoms with van der Waals surface area (Å²) in [6.07, 6.45) is 3.47. The quantitative estimate of drug-likeness (QED) is 0.659. The van der Waals surface area contributed by atoms with Crippen LogP contribution in [0.15, 0.2) is 63.1 Å². The highest BCUT2D eigenvalue weighted by molar-refractivity contribution is 7.99. The Labute approximate surface area is 135 Å². The molecule has 3 rings (SSSR count). The van der Waals surface area contributed by atoms with Gasteiger partial charge in [0, 0.05) is 16.0 Å². The third-order valence-electron chi connectivity index (χ3n) is 2.73. The van der Waals surface area contributed by atoms with E-state index in [9.17, 15) is 4.39 Å². The van der Waals surface area contributed by atoms with Gasteiger partial charge in [0.1, 0.15) is 5.82 Å². The molecule has 0 radical (unpaired) electrons. The summed E-state index contributed by atoms with van der Waals surface area (Å²) in [5, 5.41) is 9.02. The van der Waals surface area contributed by atoms with Gasteiger partial charge in [0.25, 0.3) is 5.22 Å². The molecule has 0 fully saturated rings. The van der Waals surface area contributed by atoms with Crippen molar-refractivity contribution in [2.45, 2.75) is 10.1 Å². The van der Waals surface area contributed by atoms with Crippen LogP contribution in [0.4, 0.5) is 4.39 Å². The van der Waals surface area contributed by atoms with E-state index in [0.29, 0.717) is 16.1 Å². The molecule has 1 aromatic heterocycles. The summed E-state index contributed by atoms with van der Waals surface area (Å²) >= 11 is 7.19. The zero-order valence-electron chi connectivity index (χ0n) is 11.2. The molecular formula is C16H10ClFN2OS. The second-order valence-electron chi connectivity index (χ2n) is 4.35. The first-order chi connectivity index (χ1) is 10.7. The number of benzene rings is 2. The van der Waals surface area contributed by atoms with Gasteiger partial charge >= 0.3 is 0 Å². The summed E-state index contributed by atoms with van der Waals surface area (Å²) in [5.41, 5.74) is 0.853. The van der Waals surface area contributed by atoms with Crippen LogP contribution < -0.4 is 0 Å². The van der Waals surface area contributed by atoms with Crippen LogP contribution in [0.5, 0.6) is 0 Å². The van der Waals surface area contributed by atoms with Crippen molar-refractivity contribution in [3.8, 4) is 0 Å². The molecule has 0 amide bonds. The van der Waals surface area contributed by atoms with Gasteiger partial charge in [-0.05, 0) is 59.8 Å². The fourth-order valence-corrected chi connectivity index (χ4v) is 2.48. The molecule has 0 aliphatic carbocycles. The SMILES string of the molecule is Fc1ccc(/C=C/c2nnc(Sc3ccc(Cl)cc3)o2)cc1. The number of nitrogens with zero attached hydrogens (tertiary/aromatic N) is 2. The minimum Gasteiger partial charge on any atom is -0.412 e. The van der Waals surface area contributed by atoms with Crippen LogP contribution in [0.2, 0.25) is 5.02 Å². The van der Waals surface area contributed by atoms with Gasteiger partial charge in [-0.1, -0.05) is 23.7 Å². The molecule has 0 aliphatic rings. The van der Waals surface area contributed by atoms with Crippen LogP contribution in [0.3, 0.4) is 0 Å². The van der Waals surface area contributed by atoms with E-state index in [2.05, 4.69) is 10.2 Å². The van der Waals surface area contributed by atoms with Gasteiger partial charge in [-0.3, -0.25) is 0 Å². The van der Waals surface area contributed by atoms with E-state index >= 15 is 0 Å². The van der Waals surface area contributed by atoms with Crippen LogP contribution in [0.25, 0.3) is 12.2 Å². The first-order valence-electron chi connectivity index (χ1n) is 6.40. The second-order valence-corrected chi connectivity index (χ2v) is 5.81. The lowest BCUT2D eigenvalue weighted by molar-refractivity contribution is 0.446. The molecule has 0 saturated carbocycles. The third kappa shape index (κ3) is 3.96. The van der Waals surface area contributed by atoms with Gasteiger partial charge in [-0.15, -0.1) is 10.2 Å². The van der Waals surface area contributed by atoms with Crippen LogP contribution in [-0.2, 0) is 0 Å². The van der Waals surface area contributed by atoms with Crippen molar-refractivity contribution in [3.05, 3.63) is 70.8 Å². The molecule has 0 spiro atoms. The Morgan fingerprint density at radius 2 is 1.68 bits per heavy atom. The molecule has 0 N–H and O–H groups in total. The number of aromatic nitrogens is 2. The summed E-state index contributed by atoms with van der Waals surface area (Å²) in [6.45, 7) is 0. The van der Waals surface area contributed by atoms with Crippen molar-refractivity contribution in [1.82, 2.24) is 10.2 Å². The second kappa shape index (κ2) is 6.77. The van der Waals surface area contributed by atoms with Gasteiger partial charge in [0.05, 0.1) is 0 Å². The maximum absolute atomic E-state index is 12.8. The lowest BCUT2D eigenvalue weighted by atomic mass is 10.2. The molecule has 0 atom stereocenters. The molecule has 0 bridgehead atoms. The van der Waals surface area contributed by atoms with Crippen molar-refractivity contribution in [3.63, 3.8) is 0 Å². The first-order valence-corrected chi connectivity index (χ1v) is 7.59. The summed E-state index contributed by atoms with van der Waals surface area (Å²) in [7, 11) is 0. The van der Waals surface area contributed by atoms with Gasteiger partial charge in [-0.2, -0.15) is 0 Å². The molecular weight excluding hydrogens is 323 g/mol. The molecule has 3 aromatic rings. The normalized spacial score (nSPS) is 11.2. The smallest absolute Gasteiger partial charge is 0.281 e. The van der Waals surface area contributed by atoms with Gasteiger partial charge in [-0.25, -0.2) is 4.39 Å². The zero-order chi connectivity index (χ0) is 15.4. The molecule has 1 heterocycles. The highest BCUT2D eigenvalue weighted by atomic mass is 35.5. The van der Waals surface area contributed by atoms with Gasteiger partial charge in [0.2, 0.25) is 5.89 Å². The molecule has 6 heteroatoms. The average molecular weight is 333 g/mol. The first kappa shape index (κ1) is 14.8. The Bertz CT molecular complexity index is 785. The summed E-state index contributed by atoms with van der Waals surface area (Å²) < 4.78 is 18.3. The van der Waals surface area contributed by atoms with Crippen LogP contribution in [0.1, 0.15) is 11.5 Å². The van der Waals surface area contributed by atoms with Crippen LogP contribution in [0, 0.1) is 5.82 Å². The molecule has 0 aliphatic heterocycles. The molecule has 2 aromatic carbocycles. The van der Waals surface area contributed by atoms with Crippen molar-refractivity contribution >= 4 is 35.5 Å². The van der Waals surface area contributed by atoms with E-state index in [0.717, 1.165) is 10.5 Å². The van der Waals surface area contributed by atoms with Gasteiger partial charge in [0.15, 0.2) is 0 Å². The Balaban J connectivity index is 1.68. The van der Waals surface area contributed by atoms with Crippen LogP contribution in [-0.4, -0.2) is 10.2 Å². The fraction of sp³-hybridized carbons (Fsp3) is 0. The van der Waals surface area contributed by atoms with Crippen molar-refractivity contribution in [1.29, 1.82) is 0 Å². The maximum atomic E-state index is 12.8. The number of hydrogen-bond acceptors (Lipinski definition) is 4. The summed E-state index contributed by atoms with van der Waals surface area (Å²) in [5.74, 6) is 0.123. The Hall–Kier alpha value is -2.11. The highest BCUT2D eigenvalue weighted by Gasteiger charge is 2.05. The minimum absolute atomic E-state index is 0.267. The van der Waals surface area contributed by atoms with Gasteiger partial charge < -0.3 is 4.42 Å². The number of hydrogen-bond donors (Lipinski definition) is 0. The van der Waals surface area contributed by atoms with E-state index in [1.807, 2.05) is 12.1 Å². The highest BCUT2D eigenvalue weighted by Crippen LogP contribution is 2.27. The standard InChI is InChI=1S/C16H10ClFN2OS/c17-12-4-8-14(9-5-12)22-16-20-19-15(21-16)10-3-11-1-6-13(18)7-2-11/h1-10H/b10-3+. The maximum Gasteiger partial charge on any atom is 0.281 e. The average Bonchev–Trinajstić information content (AvgIpc) is 2.97. The van der Waals surface area contributed by atoms with E-state index in [1.54, 1.807) is 36.4 Å². The minimum atomic E-state index is -0.267. The monoisotopic (exact) mass is 332 g/mol. The van der Waals surface area contributed by atoms with Crippen molar-refractivity contribution < 1.29 is 8.81 Å².